The third kappa shape index (κ3) is 3.31. The molecule has 0 radical (unpaired) electrons. The van der Waals surface area contributed by atoms with Crippen LogP contribution in [0.2, 0.25) is 0 Å². The summed E-state index contributed by atoms with van der Waals surface area (Å²) in [6, 6.07) is 11.6. The second kappa shape index (κ2) is 5.97. The van der Waals surface area contributed by atoms with Gasteiger partial charge in [0.25, 0.3) is 0 Å². The van der Waals surface area contributed by atoms with E-state index in [2.05, 4.69) is 4.98 Å². The average molecular weight is 320 g/mol. The summed E-state index contributed by atoms with van der Waals surface area (Å²) in [5, 5.41) is 1.06. The molecule has 0 spiro atoms. The Labute approximate surface area is 133 Å². The van der Waals surface area contributed by atoms with Crippen LogP contribution in [0, 0.1) is 0 Å². The van der Waals surface area contributed by atoms with Gasteiger partial charge in [-0.25, -0.2) is 8.42 Å². The van der Waals surface area contributed by atoms with Gasteiger partial charge in [-0.1, -0.05) is 24.3 Å². The number of aromatic nitrogens is 1. The highest BCUT2D eigenvalue weighted by molar-refractivity contribution is 7.90. The quantitative estimate of drug-likeness (QED) is 0.865. The summed E-state index contributed by atoms with van der Waals surface area (Å²) in [5.74, 6) is 0. The van der Waals surface area contributed by atoms with Gasteiger partial charge in [0, 0.05) is 11.4 Å². The molecule has 5 heteroatoms. The van der Waals surface area contributed by atoms with Crippen molar-refractivity contribution in [3.63, 3.8) is 0 Å². The minimum absolute atomic E-state index is 0.113. The summed E-state index contributed by atoms with van der Waals surface area (Å²) >= 11 is 0. The van der Waals surface area contributed by atoms with Crippen molar-refractivity contribution in [3.05, 3.63) is 42.1 Å². The van der Waals surface area contributed by atoms with Crippen molar-refractivity contribution >= 4 is 20.9 Å². The number of para-hydroxylation sites is 1. The van der Waals surface area contributed by atoms with Crippen LogP contribution in [0.1, 0.15) is 40.3 Å². The van der Waals surface area contributed by atoms with Gasteiger partial charge in [0.1, 0.15) is 0 Å². The molecule has 0 amide bonds. The second-order valence-electron chi connectivity index (χ2n) is 6.75. The molecule has 2 aromatic rings. The molecule has 0 aliphatic heterocycles. The van der Waals surface area contributed by atoms with E-state index in [1.165, 1.54) is 4.31 Å². The molecule has 22 heavy (non-hydrogen) atoms. The highest BCUT2D eigenvalue weighted by Gasteiger charge is 2.36. The molecule has 120 valence electrons. The Hall–Kier alpha value is -1.46. The highest BCUT2D eigenvalue weighted by Crippen LogP contribution is 2.24. The molecule has 1 aromatic carbocycles. The van der Waals surface area contributed by atoms with E-state index in [4.69, 9.17) is 0 Å². The van der Waals surface area contributed by atoms with E-state index in [-0.39, 0.29) is 6.04 Å². The van der Waals surface area contributed by atoms with E-state index in [0.29, 0.717) is 6.54 Å². The van der Waals surface area contributed by atoms with Crippen molar-refractivity contribution in [3.8, 4) is 0 Å². The fourth-order valence-electron chi connectivity index (χ4n) is 2.25. The molecule has 1 heterocycles. The van der Waals surface area contributed by atoms with Gasteiger partial charge < -0.3 is 0 Å². The number of pyridine rings is 1. The molecule has 0 saturated carbocycles. The van der Waals surface area contributed by atoms with Gasteiger partial charge in [0.15, 0.2) is 0 Å². The monoisotopic (exact) mass is 320 g/mol. The van der Waals surface area contributed by atoms with Gasteiger partial charge in [-0.05, 0) is 46.8 Å². The summed E-state index contributed by atoms with van der Waals surface area (Å²) in [6.07, 6.45) is 0. The predicted octanol–water partition coefficient (Wildman–Crippen LogP) is 3.57. The van der Waals surface area contributed by atoms with Crippen molar-refractivity contribution in [1.82, 2.24) is 9.29 Å². The maximum atomic E-state index is 12.8. The lowest BCUT2D eigenvalue weighted by atomic mass is 10.2. The van der Waals surface area contributed by atoms with Crippen LogP contribution >= 0.6 is 0 Å². The molecule has 0 saturated heterocycles. The Kier molecular flexibility index (Phi) is 4.59. The van der Waals surface area contributed by atoms with Crippen LogP contribution in [0.15, 0.2) is 36.4 Å². The van der Waals surface area contributed by atoms with Crippen molar-refractivity contribution in [1.29, 1.82) is 0 Å². The topological polar surface area (TPSA) is 50.3 Å². The Balaban J connectivity index is 2.39. The number of fused-ring (bicyclic) bond motifs is 1. The molecular formula is C17H24N2O2S. The third-order valence-corrected chi connectivity index (χ3v) is 6.35. The first kappa shape index (κ1) is 16.9. The third-order valence-electron chi connectivity index (χ3n) is 3.63. The molecular weight excluding hydrogens is 296 g/mol. The zero-order valence-corrected chi connectivity index (χ0v) is 14.7. The number of rotatable bonds is 4. The molecule has 0 unspecified atom stereocenters. The fourth-order valence-corrected chi connectivity index (χ4v) is 3.81. The van der Waals surface area contributed by atoms with Gasteiger partial charge in [-0.2, -0.15) is 4.31 Å². The molecule has 1 aromatic heterocycles. The Morgan fingerprint density at radius 3 is 2.32 bits per heavy atom. The zero-order chi connectivity index (χ0) is 16.5. The van der Waals surface area contributed by atoms with Crippen LogP contribution in [0.25, 0.3) is 10.9 Å². The minimum Gasteiger partial charge on any atom is -0.251 e. The van der Waals surface area contributed by atoms with Crippen LogP contribution in [0.4, 0.5) is 0 Å². The van der Waals surface area contributed by atoms with E-state index in [1.54, 1.807) is 20.8 Å². The second-order valence-corrected chi connectivity index (χ2v) is 9.40. The largest absolute Gasteiger partial charge is 0.251 e. The average Bonchev–Trinajstić information content (AvgIpc) is 2.42. The van der Waals surface area contributed by atoms with Crippen molar-refractivity contribution in [2.45, 2.75) is 52.0 Å². The highest BCUT2D eigenvalue weighted by atomic mass is 32.2. The SMILES string of the molecule is CC(C)N(Cc1ccc2ccccc2n1)S(=O)(=O)C(C)(C)C. The van der Waals surface area contributed by atoms with E-state index in [0.717, 1.165) is 16.6 Å². The van der Waals surface area contributed by atoms with E-state index < -0.39 is 14.8 Å². The van der Waals surface area contributed by atoms with Crippen molar-refractivity contribution < 1.29 is 8.42 Å². The van der Waals surface area contributed by atoms with Gasteiger partial charge in [-0.3, -0.25) is 4.98 Å². The number of sulfonamides is 1. The van der Waals surface area contributed by atoms with Gasteiger partial charge in [-0.15, -0.1) is 0 Å². The van der Waals surface area contributed by atoms with Gasteiger partial charge in [0.2, 0.25) is 10.0 Å². The van der Waals surface area contributed by atoms with Crippen LogP contribution in [0.3, 0.4) is 0 Å². The smallest absolute Gasteiger partial charge is 0.219 e. The maximum absolute atomic E-state index is 12.8. The van der Waals surface area contributed by atoms with Crippen molar-refractivity contribution in [2.24, 2.45) is 0 Å². The normalized spacial score (nSPS) is 13.2. The first-order valence-electron chi connectivity index (χ1n) is 7.49. The lowest BCUT2D eigenvalue weighted by Gasteiger charge is -2.32. The lowest BCUT2D eigenvalue weighted by molar-refractivity contribution is 0.333. The summed E-state index contributed by atoms with van der Waals surface area (Å²) in [6.45, 7) is 9.26. The summed E-state index contributed by atoms with van der Waals surface area (Å²) in [5.41, 5.74) is 1.65. The lowest BCUT2D eigenvalue weighted by Crippen LogP contribution is -2.46. The number of benzene rings is 1. The Morgan fingerprint density at radius 1 is 1.09 bits per heavy atom. The zero-order valence-electron chi connectivity index (χ0n) is 13.9. The van der Waals surface area contributed by atoms with E-state index in [1.807, 2.05) is 50.2 Å². The summed E-state index contributed by atoms with van der Waals surface area (Å²) < 4.78 is 26.2. The minimum atomic E-state index is -3.40. The summed E-state index contributed by atoms with van der Waals surface area (Å²) in [4.78, 5) is 4.59. The van der Waals surface area contributed by atoms with Crippen LogP contribution in [-0.2, 0) is 16.6 Å². The fraction of sp³-hybridized carbons (Fsp3) is 0.471. The first-order valence-corrected chi connectivity index (χ1v) is 8.93. The Bertz CT molecular complexity index is 762. The summed E-state index contributed by atoms with van der Waals surface area (Å²) in [7, 11) is -3.40. The number of hydrogen-bond acceptors (Lipinski definition) is 3. The molecule has 4 nitrogen and oxygen atoms in total. The predicted molar refractivity (Wildman–Crippen MR) is 91.1 cm³/mol. The van der Waals surface area contributed by atoms with Crippen LogP contribution < -0.4 is 0 Å². The van der Waals surface area contributed by atoms with Crippen molar-refractivity contribution in [2.75, 3.05) is 0 Å². The molecule has 0 aliphatic carbocycles. The molecule has 2 rings (SSSR count). The van der Waals surface area contributed by atoms with Crippen LogP contribution in [-0.4, -0.2) is 28.5 Å². The Morgan fingerprint density at radius 2 is 1.73 bits per heavy atom. The number of nitrogens with zero attached hydrogens (tertiary/aromatic N) is 2. The molecule has 0 fully saturated rings. The molecule has 0 N–H and O–H groups in total. The van der Waals surface area contributed by atoms with Gasteiger partial charge in [0.05, 0.1) is 22.5 Å². The standard InChI is InChI=1S/C17H24N2O2S/c1-13(2)19(22(20,21)17(3,4)5)12-15-11-10-14-8-6-7-9-16(14)18-15/h6-11,13H,12H2,1-5H3. The molecule has 0 aliphatic rings. The van der Waals surface area contributed by atoms with Gasteiger partial charge >= 0.3 is 0 Å². The first-order chi connectivity index (χ1) is 10.1. The van der Waals surface area contributed by atoms with Crippen LogP contribution in [0.5, 0.6) is 0 Å². The van der Waals surface area contributed by atoms with E-state index >= 15 is 0 Å². The number of hydrogen-bond donors (Lipinski definition) is 0. The van der Waals surface area contributed by atoms with E-state index in [9.17, 15) is 8.42 Å². The molecule has 0 atom stereocenters. The maximum Gasteiger partial charge on any atom is 0.219 e. The molecule has 0 bridgehead atoms.